The van der Waals surface area contributed by atoms with E-state index in [1.807, 2.05) is 53.9 Å². The number of nitrogens with zero attached hydrogens (tertiary/aromatic N) is 3. The maximum Gasteiger partial charge on any atom is 0.270 e. The zero-order chi connectivity index (χ0) is 26.8. The summed E-state index contributed by atoms with van der Waals surface area (Å²) in [5.41, 5.74) is 4.12. The second-order valence-electron chi connectivity index (χ2n) is 9.76. The molecule has 4 aromatic carbocycles. The topological polar surface area (TPSA) is 88.4 Å². The number of carbonyl (C=O) groups excluding carboxylic acids is 1. The molecule has 1 aliphatic rings. The van der Waals surface area contributed by atoms with Gasteiger partial charge in [0.1, 0.15) is 0 Å². The predicted molar refractivity (Wildman–Crippen MR) is 155 cm³/mol. The molecule has 0 saturated heterocycles. The van der Waals surface area contributed by atoms with Crippen molar-refractivity contribution >= 4 is 44.5 Å². The number of carbonyl (C=O) groups is 1. The number of hydrogen-bond donors (Lipinski definition) is 1. The highest BCUT2D eigenvalue weighted by Gasteiger charge is 2.22. The summed E-state index contributed by atoms with van der Waals surface area (Å²) < 4.78 is 0. The fraction of sp³-hybridized carbons (Fsp3) is 0.161. The van der Waals surface area contributed by atoms with E-state index in [1.54, 1.807) is 12.1 Å². The van der Waals surface area contributed by atoms with E-state index in [4.69, 9.17) is 4.98 Å². The van der Waals surface area contributed by atoms with Crippen LogP contribution in [0.25, 0.3) is 22.0 Å². The van der Waals surface area contributed by atoms with Gasteiger partial charge in [0.05, 0.1) is 22.8 Å². The van der Waals surface area contributed by atoms with Crippen molar-refractivity contribution < 1.29 is 9.72 Å². The minimum absolute atomic E-state index is 0.0363. The number of anilines is 2. The SMILES string of the molecule is O=C(NCC1CC1)c1ccc(CN(c2nc(-c3cccc([N+](=O)[O-])c3)cs2)c2cccc3ccccc23)cc1. The minimum atomic E-state index is -0.394. The molecule has 0 atom stereocenters. The third-order valence-corrected chi connectivity index (χ3v) is 7.80. The second-order valence-corrected chi connectivity index (χ2v) is 10.6. The second kappa shape index (κ2) is 10.7. The standard InChI is InChI=1S/C31H26N4O3S/c36-30(32-18-21-11-12-21)24-15-13-22(14-16-24)19-34(29-10-4-6-23-5-1-2-9-27(23)29)31-33-28(20-39-31)25-7-3-8-26(17-25)35(37)38/h1-10,13-17,20-21H,11-12,18-19H2,(H,32,36). The van der Waals surface area contributed by atoms with Crippen molar-refractivity contribution in [2.45, 2.75) is 19.4 Å². The Morgan fingerprint density at radius 1 is 1.00 bits per heavy atom. The largest absolute Gasteiger partial charge is 0.352 e. The smallest absolute Gasteiger partial charge is 0.270 e. The first kappa shape index (κ1) is 24.8. The Hall–Kier alpha value is -4.56. The summed E-state index contributed by atoms with van der Waals surface area (Å²) in [5, 5.41) is 19.3. The molecular weight excluding hydrogens is 508 g/mol. The van der Waals surface area contributed by atoms with Crippen LogP contribution in [-0.2, 0) is 6.54 Å². The number of thiazole rings is 1. The van der Waals surface area contributed by atoms with Gasteiger partial charge in [-0.25, -0.2) is 4.98 Å². The molecule has 0 bridgehead atoms. The van der Waals surface area contributed by atoms with Crippen LogP contribution >= 0.6 is 11.3 Å². The summed E-state index contributed by atoms with van der Waals surface area (Å²) in [5.74, 6) is 0.591. The molecule has 1 heterocycles. The first-order chi connectivity index (χ1) is 19.0. The lowest BCUT2D eigenvalue weighted by Gasteiger charge is -2.24. The molecular formula is C31H26N4O3S. The molecule has 1 aromatic heterocycles. The minimum Gasteiger partial charge on any atom is -0.352 e. The number of benzene rings is 4. The third-order valence-electron chi connectivity index (χ3n) is 6.94. The number of aromatic nitrogens is 1. The Bertz CT molecular complexity index is 1660. The van der Waals surface area contributed by atoms with Crippen molar-refractivity contribution in [3.8, 4) is 11.3 Å². The molecule has 39 heavy (non-hydrogen) atoms. The maximum atomic E-state index is 12.5. The number of amides is 1. The van der Waals surface area contributed by atoms with Gasteiger partial charge in [0, 0.05) is 40.6 Å². The highest BCUT2D eigenvalue weighted by atomic mass is 32.1. The van der Waals surface area contributed by atoms with Crippen LogP contribution < -0.4 is 10.2 Å². The summed E-state index contributed by atoms with van der Waals surface area (Å²) in [6.07, 6.45) is 2.39. The van der Waals surface area contributed by atoms with Gasteiger partial charge in [0.25, 0.3) is 11.6 Å². The molecule has 0 radical (unpaired) electrons. The summed E-state index contributed by atoms with van der Waals surface area (Å²) in [4.78, 5) is 30.5. The number of rotatable bonds is 9. The van der Waals surface area contributed by atoms with Gasteiger partial charge >= 0.3 is 0 Å². The molecule has 6 rings (SSSR count). The van der Waals surface area contributed by atoms with Crippen molar-refractivity contribution in [3.05, 3.63) is 118 Å². The summed E-state index contributed by atoms with van der Waals surface area (Å²) in [6, 6.07) is 28.7. The maximum absolute atomic E-state index is 12.5. The van der Waals surface area contributed by atoms with E-state index in [0.717, 1.165) is 33.7 Å². The van der Waals surface area contributed by atoms with E-state index in [1.165, 1.54) is 30.2 Å². The van der Waals surface area contributed by atoms with E-state index in [0.29, 0.717) is 29.3 Å². The molecule has 7 nitrogen and oxygen atoms in total. The fourth-order valence-electron chi connectivity index (χ4n) is 4.60. The molecule has 1 aliphatic carbocycles. The van der Waals surface area contributed by atoms with Gasteiger partial charge < -0.3 is 10.2 Å². The Morgan fingerprint density at radius 3 is 2.56 bits per heavy atom. The quantitative estimate of drug-likeness (QED) is 0.158. The number of nitrogens with one attached hydrogen (secondary N) is 1. The Labute approximate surface area is 229 Å². The highest BCUT2D eigenvalue weighted by Crippen LogP contribution is 2.37. The number of nitro groups is 1. The van der Waals surface area contributed by atoms with Crippen LogP contribution in [0.2, 0.25) is 0 Å². The van der Waals surface area contributed by atoms with Gasteiger partial charge in [-0.3, -0.25) is 14.9 Å². The number of fused-ring (bicyclic) bond motifs is 1. The molecule has 194 valence electrons. The van der Waals surface area contributed by atoms with Crippen LogP contribution in [0.15, 0.2) is 96.4 Å². The molecule has 1 N–H and O–H groups in total. The molecule has 0 unspecified atom stereocenters. The highest BCUT2D eigenvalue weighted by molar-refractivity contribution is 7.14. The monoisotopic (exact) mass is 534 g/mol. The zero-order valence-electron chi connectivity index (χ0n) is 21.1. The first-order valence-electron chi connectivity index (χ1n) is 12.9. The molecule has 1 saturated carbocycles. The molecule has 8 heteroatoms. The van der Waals surface area contributed by atoms with Gasteiger partial charge in [-0.15, -0.1) is 11.3 Å². The number of hydrogen-bond acceptors (Lipinski definition) is 6. The Morgan fingerprint density at radius 2 is 1.77 bits per heavy atom. The van der Waals surface area contributed by atoms with Gasteiger partial charge in [-0.2, -0.15) is 0 Å². The van der Waals surface area contributed by atoms with E-state index in [2.05, 4.69) is 34.5 Å². The predicted octanol–water partition coefficient (Wildman–Crippen LogP) is 7.35. The molecule has 0 spiro atoms. The van der Waals surface area contributed by atoms with Crippen molar-refractivity contribution in [1.29, 1.82) is 0 Å². The van der Waals surface area contributed by atoms with Crippen molar-refractivity contribution in [2.24, 2.45) is 5.92 Å². The molecule has 0 aliphatic heterocycles. The Kier molecular flexibility index (Phi) is 6.77. The van der Waals surface area contributed by atoms with Crippen LogP contribution in [0.3, 0.4) is 0 Å². The van der Waals surface area contributed by atoms with Crippen LogP contribution in [0.4, 0.5) is 16.5 Å². The molecule has 1 amide bonds. The van der Waals surface area contributed by atoms with Crippen molar-refractivity contribution in [3.63, 3.8) is 0 Å². The summed E-state index contributed by atoms with van der Waals surface area (Å²) in [6.45, 7) is 1.28. The fourth-order valence-corrected chi connectivity index (χ4v) is 5.45. The van der Waals surface area contributed by atoms with Crippen LogP contribution in [-0.4, -0.2) is 22.4 Å². The van der Waals surface area contributed by atoms with Crippen LogP contribution in [0.5, 0.6) is 0 Å². The van der Waals surface area contributed by atoms with Crippen molar-refractivity contribution in [2.75, 3.05) is 11.4 Å². The average molecular weight is 535 g/mol. The zero-order valence-corrected chi connectivity index (χ0v) is 21.9. The summed E-state index contributed by atoms with van der Waals surface area (Å²) >= 11 is 1.49. The first-order valence-corrected chi connectivity index (χ1v) is 13.8. The van der Waals surface area contributed by atoms with Crippen LogP contribution in [0, 0.1) is 16.0 Å². The summed E-state index contributed by atoms with van der Waals surface area (Å²) in [7, 11) is 0. The van der Waals surface area contributed by atoms with E-state index < -0.39 is 4.92 Å². The lowest BCUT2D eigenvalue weighted by atomic mass is 10.1. The number of nitro benzene ring substituents is 1. The normalized spacial score (nSPS) is 12.8. The lowest BCUT2D eigenvalue weighted by Crippen LogP contribution is -2.25. The Balaban J connectivity index is 1.33. The van der Waals surface area contributed by atoms with E-state index in [9.17, 15) is 14.9 Å². The average Bonchev–Trinajstić information content (AvgIpc) is 3.68. The van der Waals surface area contributed by atoms with Gasteiger partial charge in [0.15, 0.2) is 5.13 Å². The lowest BCUT2D eigenvalue weighted by molar-refractivity contribution is -0.384. The third kappa shape index (κ3) is 5.51. The van der Waals surface area contributed by atoms with Gasteiger partial charge in [-0.05, 0) is 47.9 Å². The van der Waals surface area contributed by atoms with E-state index in [-0.39, 0.29) is 11.6 Å². The van der Waals surface area contributed by atoms with Gasteiger partial charge in [0.2, 0.25) is 0 Å². The van der Waals surface area contributed by atoms with Gasteiger partial charge in [-0.1, -0.05) is 60.7 Å². The molecule has 1 fully saturated rings. The van der Waals surface area contributed by atoms with Crippen molar-refractivity contribution in [1.82, 2.24) is 10.3 Å². The molecule has 5 aromatic rings. The van der Waals surface area contributed by atoms with Crippen LogP contribution in [0.1, 0.15) is 28.8 Å². The van der Waals surface area contributed by atoms with E-state index >= 15 is 0 Å². The number of non-ortho nitro benzene ring substituents is 1.